The minimum atomic E-state index is -1.75. The molecule has 0 spiro atoms. The molecule has 2 atom stereocenters. The molecule has 0 aliphatic carbocycles. The quantitative estimate of drug-likeness (QED) is 0.306. The van der Waals surface area contributed by atoms with E-state index in [-0.39, 0.29) is 12.5 Å². The first-order chi connectivity index (χ1) is 11.5. The summed E-state index contributed by atoms with van der Waals surface area (Å²) in [5, 5.41) is 9.18. The first-order valence-corrected chi connectivity index (χ1v) is 12.2. The first-order valence-electron chi connectivity index (χ1n) is 10.1. The van der Waals surface area contributed by atoms with Crippen molar-refractivity contribution in [2.75, 3.05) is 13.2 Å². The van der Waals surface area contributed by atoms with Crippen molar-refractivity contribution in [3.05, 3.63) is 23.8 Å². The number of hydrogen-bond donors (Lipinski definition) is 1. The molecule has 0 unspecified atom stereocenters. The summed E-state index contributed by atoms with van der Waals surface area (Å²) < 4.78 is 6.68. The van der Waals surface area contributed by atoms with Crippen molar-refractivity contribution >= 4 is 8.32 Å². The van der Waals surface area contributed by atoms with Crippen molar-refractivity contribution in [2.24, 2.45) is 11.8 Å². The predicted octanol–water partition coefficient (Wildman–Crippen LogP) is 6.73. The van der Waals surface area contributed by atoms with Gasteiger partial charge in [0.25, 0.3) is 0 Å². The summed E-state index contributed by atoms with van der Waals surface area (Å²) in [4.78, 5) is 0. The van der Waals surface area contributed by atoms with Crippen molar-refractivity contribution in [3.63, 3.8) is 0 Å². The van der Waals surface area contributed by atoms with Crippen LogP contribution in [0.3, 0.4) is 0 Å². The maximum atomic E-state index is 9.18. The van der Waals surface area contributed by atoms with Crippen LogP contribution < -0.4 is 0 Å². The molecular formula is C22H44O2Si. The topological polar surface area (TPSA) is 29.5 Å². The second kappa shape index (κ2) is 11.4. The van der Waals surface area contributed by atoms with E-state index < -0.39 is 8.32 Å². The summed E-state index contributed by atoms with van der Waals surface area (Å²) >= 11 is 0. The molecule has 25 heavy (non-hydrogen) atoms. The molecule has 0 fully saturated rings. The van der Waals surface area contributed by atoms with Crippen molar-refractivity contribution in [2.45, 2.75) is 91.8 Å². The van der Waals surface area contributed by atoms with Gasteiger partial charge >= 0.3 is 0 Å². The molecule has 0 aliphatic rings. The van der Waals surface area contributed by atoms with Crippen LogP contribution in [0.1, 0.15) is 75.2 Å². The summed E-state index contributed by atoms with van der Waals surface area (Å²) in [7, 11) is -1.75. The molecule has 0 aromatic carbocycles. The van der Waals surface area contributed by atoms with Crippen LogP contribution in [-0.2, 0) is 4.43 Å². The molecule has 0 rings (SSSR count). The average Bonchev–Trinajstić information content (AvgIpc) is 2.49. The normalized spacial score (nSPS) is 16.0. The van der Waals surface area contributed by atoms with Crippen LogP contribution in [0.4, 0.5) is 0 Å². The number of hydrogen-bond acceptors (Lipinski definition) is 2. The van der Waals surface area contributed by atoms with E-state index in [1.807, 2.05) is 0 Å². The third-order valence-corrected chi connectivity index (χ3v) is 11.9. The van der Waals surface area contributed by atoms with Gasteiger partial charge in [-0.1, -0.05) is 79.2 Å². The molecule has 2 nitrogen and oxygen atoms in total. The zero-order valence-electron chi connectivity index (χ0n) is 18.4. The van der Waals surface area contributed by atoms with Gasteiger partial charge in [0.2, 0.25) is 0 Å². The van der Waals surface area contributed by atoms with E-state index in [9.17, 15) is 5.11 Å². The maximum Gasteiger partial charge on any atom is 0.200 e. The van der Waals surface area contributed by atoms with Gasteiger partial charge in [0.1, 0.15) is 0 Å². The fourth-order valence-corrected chi connectivity index (χ4v) is 9.65. The van der Waals surface area contributed by atoms with Crippen molar-refractivity contribution in [1.29, 1.82) is 0 Å². The van der Waals surface area contributed by atoms with Gasteiger partial charge in [-0.2, -0.15) is 0 Å². The van der Waals surface area contributed by atoms with Gasteiger partial charge in [-0.05, 0) is 48.2 Å². The van der Waals surface area contributed by atoms with E-state index >= 15 is 0 Å². The summed E-state index contributed by atoms with van der Waals surface area (Å²) in [5.74, 6) is 0.782. The Kier molecular flexibility index (Phi) is 11.2. The molecule has 1 N–H and O–H groups in total. The molecule has 0 aromatic rings. The number of rotatable bonds is 12. The highest BCUT2D eigenvalue weighted by Crippen LogP contribution is 2.42. The molecule has 0 radical (unpaired) electrons. The lowest BCUT2D eigenvalue weighted by atomic mass is 9.95. The summed E-state index contributed by atoms with van der Waals surface area (Å²) in [5.41, 5.74) is 4.39. The number of aliphatic hydroxyl groups is 1. The van der Waals surface area contributed by atoms with E-state index in [0.717, 1.165) is 25.0 Å². The van der Waals surface area contributed by atoms with Crippen LogP contribution >= 0.6 is 0 Å². The smallest absolute Gasteiger partial charge is 0.200 e. The Bertz CT molecular complexity index is 402. The first kappa shape index (κ1) is 24.6. The molecule has 3 heteroatoms. The van der Waals surface area contributed by atoms with E-state index in [1.165, 1.54) is 5.57 Å². The van der Waals surface area contributed by atoms with Gasteiger partial charge in [-0.25, -0.2) is 0 Å². The molecule has 0 saturated heterocycles. The molecule has 148 valence electrons. The van der Waals surface area contributed by atoms with Crippen LogP contribution in [0.5, 0.6) is 0 Å². The second-order valence-electron chi connectivity index (χ2n) is 8.89. The van der Waals surface area contributed by atoms with Crippen LogP contribution in [-0.4, -0.2) is 26.6 Å². The molecule has 0 heterocycles. The summed E-state index contributed by atoms with van der Waals surface area (Å²) in [6.45, 7) is 25.8. The standard InChI is InChI=1S/C22H44O2Si/c1-16(2)25(17(3)4,18(5)6)24-12-11-21(9)22(10)14-19(7)13-20(8)15-23/h14,16-18,20-21,23H,7,11-13,15H2,1-6,8-10H3/b22-14+/t20-,21+/m1/s1. The summed E-state index contributed by atoms with van der Waals surface area (Å²) in [6, 6.07) is 0. The van der Waals surface area contributed by atoms with Crippen LogP contribution in [0.2, 0.25) is 16.6 Å². The van der Waals surface area contributed by atoms with Gasteiger partial charge < -0.3 is 9.53 Å². The predicted molar refractivity (Wildman–Crippen MR) is 115 cm³/mol. The lowest BCUT2D eigenvalue weighted by Crippen LogP contribution is -2.48. The van der Waals surface area contributed by atoms with E-state index in [1.54, 1.807) is 0 Å². The fourth-order valence-electron chi connectivity index (χ4n) is 4.18. The minimum absolute atomic E-state index is 0.224. The minimum Gasteiger partial charge on any atom is -0.416 e. The molecule has 0 bridgehead atoms. The third kappa shape index (κ3) is 7.40. The fraction of sp³-hybridized carbons (Fsp3) is 0.818. The maximum absolute atomic E-state index is 9.18. The Labute approximate surface area is 158 Å². The third-order valence-electron chi connectivity index (χ3n) is 5.74. The molecular weight excluding hydrogens is 324 g/mol. The average molecular weight is 369 g/mol. The van der Waals surface area contributed by atoms with Gasteiger partial charge in [0.15, 0.2) is 8.32 Å². The second-order valence-corrected chi connectivity index (χ2v) is 14.4. The van der Waals surface area contributed by atoms with Gasteiger partial charge in [0.05, 0.1) is 0 Å². The Morgan fingerprint density at radius 3 is 1.88 bits per heavy atom. The van der Waals surface area contributed by atoms with Crippen LogP contribution in [0, 0.1) is 11.8 Å². The highest BCUT2D eigenvalue weighted by atomic mass is 28.4. The van der Waals surface area contributed by atoms with Crippen molar-refractivity contribution in [1.82, 2.24) is 0 Å². The molecule has 0 aromatic heterocycles. The van der Waals surface area contributed by atoms with Crippen molar-refractivity contribution in [3.8, 4) is 0 Å². The number of aliphatic hydroxyl groups excluding tert-OH is 1. The zero-order chi connectivity index (χ0) is 19.8. The highest BCUT2D eigenvalue weighted by Gasteiger charge is 2.44. The lowest BCUT2D eigenvalue weighted by Gasteiger charge is -2.42. The lowest BCUT2D eigenvalue weighted by molar-refractivity contribution is 0.237. The van der Waals surface area contributed by atoms with E-state index in [2.05, 4.69) is 75.0 Å². The Balaban J connectivity index is 4.76. The van der Waals surface area contributed by atoms with Gasteiger partial charge in [-0.15, -0.1) is 0 Å². The van der Waals surface area contributed by atoms with Gasteiger partial charge in [-0.3, -0.25) is 0 Å². The van der Waals surface area contributed by atoms with Crippen LogP contribution in [0.25, 0.3) is 0 Å². The van der Waals surface area contributed by atoms with Crippen molar-refractivity contribution < 1.29 is 9.53 Å². The Morgan fingerprint density at radius 2 is 1.48 bits per heavy atom. The van der Waals surface area contributed by atoms with Gasteiger partial charge in [0, 0.05) is 13.2 Å². The highest BCUT2D eigenvalue weighted by molar-refractivity contribution is 6.77. The summed E-state index contributed by atoms with van der Waals surface area (Å²) in [6.07, 6.45) is 4.13. The zero-order valence-corrected chi connectivity index (χ0v) is 19.4. The number of allylic oxidation sites excluding steroid dienone is 3. The SMILES string of the molecule is C=C(/C=C(\C)[C@@H](C)CCO[Si](C(C)C)(C(C)C)C(C)C)C[C@@H](C)CO. The Morgan fingerprint density at radius 1 is 1.00 bits per heavy atom. The monoisotopic (exact) mass is 368 g/mol. The van der Waals surface area contributed by atoms with E-state index in [0.29, 0.717) is 22.5 Å². The molecule has 0 aliphatic heterocycles. The Hall–Kier alpha value is -0.383. The van der Waals surface area contributed by atoms with Crippen LogP contribution in [0.15, 0.2) is 23.8 Å². The van der Waals surface area contributed by atoms with E-state index in [4.69, 9.17) is 4.43 Å². The molecule has 0 amide bonds. The largest absolute Gasteiger partial charge is 0.416 e. The molecule has 0 saturated carbocycles.